The molecule has 3 aromatic heterocycles. The molecule has 0 bridgehead atoms. The van der Waals surface area contributed by atoms with Crippen LogP contribution in [0.4, 0.5) is 19.0 Å². The van der Waals surface area contributed by atoms with Gasteiger partial charge in [0.2, 0.25) is 5.60 Å². The molecule has 7 nitrogen and oxygen atoms in total. The number of nitrogens with zero attached hydrogens (tertiary/aromatic N) is 5. The summed E-state index contributed by atoms with van der Waals surface area (Å²) in [6, 6.07) is 5.31. The first-order chi connectivity index (χ1) is 13.6. The second-order valence-corrected chi connectivity index (χ2v) is 6.72. The van der Waals surface area contributed by atoms with Crippen molar-refractivity contribution in [3.8, 4) is 11.5 Å². The Balaban J connectivity index is 1.84. The molecule has 0 aromatic carbocycles. The fourth-order valence-corrected chi connectivity index (χ4v) is 2.92. The van der Waals surface area contributed by atoms with Gasteiger partial charge in [0.05, 0.1) is 0 Å². The molecule has 0 spiro atoms. The van der Waals surface area contributed by atoms with Crippen LogP contribution in [0.1, 0.15) is 23.5 Å². The molecule has 3 heterocycles. The van der Waals surface area contributed by atoms with E-state index in [1.807, 2.05) is 0 Å². The fourth-order valence-electron chi connectivity index (χ4n) is 2.92. The summed E-state index contributed by atoms with van der Waals surface area (Å²) in [5.74, 6) is 0.297. The minimum Gasteiger partial charge on any atom is -0.374 e. The lowest BCUT2D eigenvalue weighted by atomic mass is 9.97. The second-order valence-electron chi connectivity index (χ2n) is 6.72. The van der Waals surface area contributed by atoms with Crippen LogP contribution < -0.4 is 5.32 Å². The number of halogens is 3. The molecule has 0 radical (unpaired) electrons. The number of pyridine rings is 1. The Morgan fingerprint density at radius 2 is 1.86 bits per heavy atom. The zero-order valence-corrected chi connectivity index (χ0v) is 16.2. The molecule has 0 saturated carbocycles. The van der Waals surface area contributed by atoms with Gasteiger partial charge in [-0.15, -0.1) is 0 Å². The van der Waals surface area contributed by atoms with Gasteiger partial charge in [0, 0.05) is 49.9 Å². The van der Waals surface area contributed by atoms with Crippen LogP contribution in [0.3, 0.4) is 0 Å². The Morgan fingerprint density at radius 3 is 2.45 bits per heavy atom. The number of rotatable bonds is 6. The van der Waals surface area contributed by atoms with Crippen LogP contribution in [0.25, 0.3) is 11.5 Å². The van der Waals surface area contributed by atoms with Crippen LogP contribution in [-0.2, 0) is 12.6 Å². The summed E-state index contributed by atoms with van der Waals surface area (Å²) in [7, 11) is 1.41. The monoisotopic (exact) mass is 406 g/mol. The van der Waals surface area contributed by atoms with Crippen molar-refractivity contribution >= 4 is 5.82 Å². The summed E-state index contributed by atoms with van der Waals surface area (Å²) in [4.78, 5) is 16.7. The average Bonchev–Trinajstić information content (AvgIpc) is 3.11. The van der Waals surface area contributed by atoms with Gasteiger partial charge in [-0.3, -0.25) is 4.98 Å². The van der Waals surface area contributed by atoms with Gasteiger partial charge in [0.1, 0.15) is 17.3 Å². The van der Waals surface area contributed by atoms with Crippen LogP contribution in [0.2, 0.25) is 0 Å². The van der Waals surface area contributed by atoms with E-state index in [0.29, 0.717) is 28.6 Å². The molecule has 3 rings (SSSR count). The lowest BCUT2D eigenvalue weighted by Crippen LogP contribution is -2.45. The zero-order valence-electron chi connectivity index (χ0n) is 16.2. The zero-order chi connectivity index (χ0) is 21.2. The van der Waals surface area contributed by atoms with Crippen molar-refractivity contribution in [1.29, 1.82) is 0 Å². The van der Waals surface area contributed by atoms with Gasteiger partial charge in [0.15, 0.2) is 5.82 Å². The van der Waals surface area contributed by atoms with Crippen molar-refractivity contribution < 1.29 is 18.3 Å². The van der Waals surface area contributed by atoms with Crippen molar-refractivity contribution in [2.75, 3.05) is 11.9 Å². The molecule has 0 aliphatic carbocycles. The van der Waals surface area contributed by atoms with Crippen molar-refractivity contribution in [2.24, 2.45) is 7.05 Å². The molecule has 10 heteroatoms. The van der Waals surface area contributed by atoms with Crippen molar-refractivity contribution in [3.05, 3.63) is 53.9 Å². The molecule has 0 fully saturated rings. The van der Waals surface area contributed by atoms with Crippen molar-refractivity contribution in [2.45, 2.75) is 32.0 Å². The van der Waals surface area contributed by atoms with E-state index in [4.69, 9.17) is 0 Å². The number of alkyl halides is 3. The highest BCUT2D eigenvalue weighted by Crippen LogP contribution is 2.40. The van der Waals surface area contributed by atoms with Crippen LogP contribution in [0, 0.1) is 13.8 Å². The highest BCUT2D eigenvalue weighted by atomic mass is 19.4. The number of aryl methyl sites for hydroxylation is 2. The largest absolute Gasteiger partial charge is 0.424 e. The maximum Gasteiger partial charge on any atom is 0.424 e. The Kier molecular flexibility index (Phi) is 5.56. The number of aromatic nitrogens is 5. The van der Waals surface area contributed by atoms with Crippen LogP contribution in [0.15, 0.2) is 36.8 Å². The Hall–Kier alpha value is -3.01. The third-order valence-electron chi connectivity index (χ3n) is 4.72. The molecule has 154 valence electrons. The van der Waals surface area contributed by atoms with Crippen molar-refractivity contribution in [1.82, 2.24) is 24.5 Å². The third-order valence-corrected chi connectivity index (χ3v) is 4.72. The third kappa shape index (κ3) is 4.07. The molecule has 29 heavy (non-hydrogen) atoms. The van der Waals surface area contributed by atoms with E-state index in [1.54, 1.807) is 38.2 Å². The second kappa shape index (κ2) is 7.78. The molecule has 1 atom stereocenters. The fraction of sp³-hybridized carbons (Fsp3) is 0.368. The molecule has 0 aliphatic rings. The number of anilines is 1. The molecule has 0 saturated heterocycles. The molecule has 2 N–H and O–H groups in total. The Bertz CT molecular complexity index is 989. The Morgan fingerprint density at radius 1 is 1.10 bits per heavy atom. The molecular formula is C19H21F3N6O. The topological polar surface area (TPSA) is 88.8 Å². The molecule has 1 unspecified atom stereocenters. The first-order valence-electron chi connectivity index (χ1n) is 8.91. The normalized spacial score (nSPS) is 13.9. The number of imidazole rings is 1. The van der Waals surface area contributed by atoms with Gasteiger partial charge >= 0.3 is 6.18 Å². The predicted octanol–water partition coefficient (Wildman–Crippen LogP) is 3.14. The summed E-state index contributed by atoms with van der Waals surface area (Å²) >= 11 is 0. The molecular weight excluding hydrogens is 385 g/mol. The van der Waals surface area contributed by atoms with Crippen molar-refractivity contribution in [3.63, 3.8) is 0 Å². The van der Waals surface area contributed by atoms with E-state index in [-0.39, 0.29) is 6.54 Å². The maximum atomic E-state index is 13.6. The number of hydrogen-bond acceptors (Lipinski definition) is 6. The van der Waals surface area contributed by atoms with E-state index < -0.39 is 24.0 Å². The summed E-state index contributed by atoms with van der Waals surface area (Å²) in [5, 5.41) is 13.3. The Labute approximate surface area is 165 Å². The molecule has 3 aromatic rings. The average molecular weight is 406 g/mol. The van der Waals surface area contributed by atoms with E-state index >= 15 is 0 Å². The van der Waals surface area contributed by atoms with Crippen LogP contribution >= 0.6 is 0 Å². The van der Waals surface area contributed by atoms with Gasteiger partial charge in [-0.25, -0.2) is 15.0 Å². The lowest BCUT2D eigenvalue weighted by Gasteiger charge is -2.30. The van der Waals surface area contributed by atoms with E-state index in [0.717, 1.165) is 4.57 Å². The first-order valence-corrected chi connectivity index (χ1v) is 8.91. The van der Waals surface area contributed by atoms with E-state index in [1.165, 1.54) is 19.4 Å². The summed E-state index contributed by atoms with van der Waals surface area (Å²) in [6.07, 6.45) is -1.34. The minimum absolute atomic E-state index is 0.179. The van der Waals surface area contributed by atoms with E-state index in [2.05, 4.69) is 25.3 Å². The number of aliphatic hydroxyl groups is 1. The predicted molar refractivity (Wildman–Crippen MR) is 101 cm³/mol. The van der Waals surface area contributed by atoms with Gasteiger partial charge in [-0.1, -0.05) is 6.07 Å². The quantitative estimate of drug-likeness (QED) is 0.654. The van der Waals surface area contributed by atoms with Crippen LogP contribution in [-0.4, -0.2) is 42.3 Å². The van der Waals surface area contributed by atoms with Gasteiger partial charge in [-0.2, -0.15) is 13.2 Å². The van der Waals surface area contributed by atoms with Crippen LogP contribution in [0.5, 0.6) is 0 Å². The highest BCUT2D eigenvalue weighted by Gasteiger charge is 2.57. The van der Waals surface area contributed by atoms with Gasteiger partial charge in [0.25, 0.3) is 0 Å². The summed E-state index contributed by atoms with van der Waals surface area (Å²) < 4.78 is 42.1. The standard InChI is InChI=1S/C19H21F3N6O/c1-12-13(2)26-16(14-6-4-5-8-23-14)27-15(12)24-9-7-18(29,19(20,21)22)17-25-10-11-28(17)3/h4-6,8,10-11,29H,7,9H2,1-3H3,(H,24,26,27). The maximum absolute atomic E-state index is 13.6. The van der Waals surface area contributed by atoms with E-state index in [9.17, 15) is 18.3 Å². The highest BCUT2D eigenvalue weighted by molar-refractivity contribution is 5.56. The SMILES string of the molecule is Cc1nc(-c2ccccn2)nc(NCCC(O)(c2nccn2C)C(F)(F)F)c1C. The summed E-state index contributed by atoms with van der Waals surface area (Å²) in [5.41, 5.74) is -1.15. The lowest BCUT2D eigenvalue weighted by molar-refractivity contribution is -0.271. The number of hydrogen-bond donors (Lipinski definition) is 2. The van der Waals surface area contributed by atoms with Gasteiger partial charge < -0.3 is 15.0 Å². The number of nitrogens with one attached hydrogen (secondary N) is 1. The molecule has 0 amide bonds. The first kappa shape index (κ1) is 20.7. The molecule has 0 aliphatic heterocycles. The van der Waals surface area contributed by atoms with Gasteiger partial charge in [-0.05, 0) is 26.0 Å². The summed E-state index contributed by atoms with van der Waals surface area (Å²) in [6.45, 7) is 3.38. The minimum atomic E-state index is -4.89. The smallest absolute Gasteiger partial charge is 0.374 e.